The van der Waals surface area contributed by atoms with E-state index in [-0.39, 0.29) is 5.91 Å². The second-order valence-electron chi connectivity index (χ2n) is 7.02. The van der Waals surface area contributed by atoms with Gasteiger partial charge in [0.05, 0.1) is 18.8 Å². The van der Waals surface area contributed by atoms with E-state index in [1.54, 1.807) is 15.8 Å². The van der Waals surface area contributed by atoms with Gasteiger partial charge in [-0.25, -0.2) is 0 Å². The number of carbonyl (C=O) groups excluding carboxylic acids is 1. The molecule has 5 nitrogen and oxygen atoms in total. The van der Waals surface area contributed by atoms with Crippen LogP contribution in [0.25, 0.3) is 0 Å². The fourth-order valence-corrected chi connectivity index (χ4v) is 3.93. The van der Waals surface area contributed by atoms with E-state index in [2.05, 4.69) is 5.10 Å². The molecule has 0 radical (unpaired) electrons. The molecule has 1 amide bonds. The normalized spacial score (nSPS) is 21.6. The van der Waals surface area contributed by atoms with Gasteiger partial charge >= 0.3 is 0 Å². The minimum atomic E-state index is -0.912. The first kappa shape index (κ1) is 15.5. The van der Waals surface area contributed by atoms with Crippen molar-refractivity contribution < 1.29 is 9.90 Å². The topological polar surface area (TPSA) is 58.4 Å². The lowest BCUT2D eigenvalue weighted by Gasteiger charge is -2.46. The van der Waals surface area contributed by atoms with Crippen LogP contribution in [-0.2, 0) is 17.4 Å². The van der Waals surface area contributed by atoms with E-state index in [0.717, 1.165) is 18.0 Å². The Morgan fingerprint density at radius 2 is 2.09 bits per heavy atom. The highest BCUT2D eigenvalue weighted by Gasteiger charge is 2.46. The Bertz CT molecular complexity index is 514. The minimum Gasteiger partial charge on any atom is -0.380 e. The largest absolute Gasteiger partial charge is 0.380 e. The van der Waals surface area contributed by atoms with Crippen molar-refractivity contribution in [2.24, 2.45) is 13.0 Å². The molecule has 2 heterocycles. The highest BCUT2D eigenvalue weighted by molar-refractivity contribution is 5.77. The average Bonchev–Trinajstić information content (AvgIpc) is 2.91. The Balaban J connectivity index is 1.40. The number of hydrogen-bond acceptors (Lipinski definition) is 3. The number of hydrogen-bond donors (Lipinski definition) is 1. The van der Waals surface area contributed by atoms with Crippen molar-refractivity contribution in [3.63, 3.8) is 0 Å². The predicted octanol–water partition coefficient (Wildman–Crippen LogP) is 2.20. The van der Waals surface area contributed by atoms with E-state index in [9.17, 15) is 9.90 Å². The summed E-state index contributed by atoms with van der Waals surface area (Å²) < 4.78 is 1.69. The summed E-state index contributed by atoms with van der Waals surface area (Å²) in [6, 6.07) is 1.82. The van der Waals surface area contributed by atoms with Gasteiger partial charge in [0.25, 0.3) is 0 Å². The molecule has 0 unspecified atom stereocenters. The van der Waals surface area contributed by atoms with Gasteiger partial charge in [-0.1, -0.05) is 32.1 Å². The number of β-amino-alcohol motifs (C(OH)–C–C–N with tert-alkyl or cyclic N) is 1. The average molecular weight is 305 g/mol. The van der Waals surface area contributed by atoms with Crippen LogP contribution in [0.5, 0.6) is 0 Å². The molecule has 122 valence electrons. The molecule has 1 aliphatic heterocycles. The lowest BCUT2D eigenvalue weighted by Crippen LogP contribution is -2.61. The third-order valence-electron chi connectivity index (χ3n) is 5.28. The Morgan fingerprint density at radius 1 is 1.36 bits per heavy atom. The van der Waals surface area contributed by atoms with Crippen LogP contribution in [-0.4, -0.2) is 38.8 Å². The zero-order valence-corrected chi connectivity index (χ0v) is 13.5. The number of aryl methyl sites for hydroxylation is 1. The third-order valence-corrected chi connectivity index (χ3v) is 5.28. The molecule has 0 spiro atoms. The second kappa shape index (κ2) is 6.41. The van der Waals surface area contributed by atoms with Crippen molar-refractivity contribution in [1.29, 1.82) is 0 Å². The van der Waals surface area contributed by atoms with Crippen molar-refractivity contribution in [1.82, 2.24) is 14.7 Å². The molecule has 1 aliphatic carbocycles. The SMILES string of the molecule is Cn1nccc1C1(O)CN(C(=O)CCCC2CCCCC2)C1. The molecule has 1 saturated carbocycles. The fourth-order valence-electron chi connectivity index (χ4n) is 3.93. The number of likely N-dealkylation sites (tertiary alicyclic amines) is 1. The predicted molar refractivity (Wildman–Crippen MR) is 84.1 cm³/mol. The Hall–Kier alpha value is -1.36. The molecule has 1 N–H and O–H groups in total. The molecule has 2 aliphatic rings. The molecule has 1 aromatic rings. The van der Waals surface area contributed by atoms with Crippen LogP contribution in [0, 0.1) is 5.92 Å². The zero-order chi connectivity index (χ0) is 15.6. The van der Waals surface area contributed by atoms with E-state index < -0.39 is 5.60 Å². The van der Waals surface area contributed by atoms with Gasteiger partial charge in [-0.2, -0.15) is 5.10 Å². The van der Waals surface area contributed by atoms with Crippen LogP contribution in [0.4, 0.5) is 0 Å². The Kier molecular flexibility index (Phi) is 4.52. The van der Waals surface area contributed by atoms with E-state index in [0.29, 0.717) is 19.5 Å². The molecule has 5 heteroatoms. The first-order valence-corrected chi connectivity index (χ1v) is 8.57. The molecular formula is C17H27N3O2. The van der Waals surface area contributed by atoms with Gasteiger partial charge in [-0.15, -0.1) is 0 Å². The summed E-state index contributed by atoms with van der Waals surface area (Å²) >= 11 is 0. The van der Waals surface area contributed by atoms with E-state index in [4.69, 9.17) is 0 Å². The lowest BCUT2D eigenvalue weighted by molar-refractivity contribution is -0.158. The second-order valence-corrected chi connectivity index (χ2v) is 7.02. The van der Waals surface area contributed by atoms with Crippen LogP contribution in [0.15, 0.2) is 12.3 Å². The summed E-state index contributed by atoms with van der Waals surface area (Å²) in [6.45, 7) is 0.795. The quantitative estimate of drug-likeness (QED) is 0.907. The molecule has 0 bridgehead atoms. The fraction of sp³-hybridized carbons (Fsp3) is 0.765. The molecule has 0 aromatic carbocycles. The maximum Gasteiger partial charge on any atom is 0.222 e. The van der Waals surface area contributed by atoms with Crippen molar-refractivity contribution in [3.8, 4) is 0 Å². The zero-order valence-electron chi connectivity index (χ0n) is 13.5. The number of carbonyl (C=O) groups is 1. The molecular weight excluding hydrogens is 278 g/mol. The summed E-state index contributed by atoms with van der Waals surface area (Å²) in [7, 11) is 1.82. The summed E-state index contributed by atoms with van der Waals surface area (Å²) in [6.07, 6.45) is 11.3. The maximum atomic E-state index is 12.2. The summed E-state index contributed by atoms with van der Waals surface area (Å²) in [4.78, 5) is 14.0. The van der Waals surface area contributed by atoms with E-state index >= 15 is 0 Å². The summed E-state index contributed by atoms with van der Waals surface area (Å²) in [5.74, 6) is 1.02. The van der Waals surface area contributed by atoms with Crippen molar-refractivity contribution in [2.45, 2.75) is 57.0 Å². The monoisotopic (exact) mass is 305 g/mol. The summed E-state index contributed by atoms with van der Waals surface area (Å²) in [5.41, 5.74) is -0.122. The van der Waals surface area contributed by atoms with Crippen LogP contribution >= 0.6 is 0 Å². The number of amides is 1. The highest BCUT2D eigenvalue weighted by Crippen LogP contribution is 2.32. The van der Waals surface area contributed by atoms with Gasteiger partial charge in [0.1, 0.15) is 5.60 Å². The number of aliphatic hydroxyl groups is 1. The molecule has 2 fully saturated rings. The van der Waals surface area contributed by atoms with E-state index in [1.165, 1.54) is 38.5 Å². The number of rotatable bonds is 5. The molecule has 1 saturated heterocycles. The molecule has 3 rings (SSSR count). The standard InChI is InChI=1S/C17H27N3O2/c1-19-15(10-11-18-19)17(22)12-20(13-17)16(21)9-5-8-14-6-3-2-4-7-14/h10-11,14,22H,2-9,12-13H2,1H3. The molecule has 0 atom stereocenters. The van der Waals surface area contributed by atoms with Crippen molar-refractivity contribution >= 4 is 5.91 Å². The number of nitrogens with zero attached hydrogens (tertiary/aromatic N) is 3. The van der Waals surface area contributed by atoms with Gasteiger partial charge in [0.2, 0.25) is 5.91 Å². The van der Waals surface area contributed by atoms with E-state index in [1.807, 2.05) is 13.1 Å². The van der Waals surface area contributed by atoms with Gasteiger partial charge in [-0.3, -0.25) is 9.48 Å². The Labute approximate surface area is 132 Å². The smallest absolute Gasteiger partial charge is 0.222 e. The van der Waals surface area contributed by atoms with Crippen LogP contribution in [0.3, 0.4) is 0 Å². The first-order chi connectivity index (χ1) is 10.6. The lowest BCUT2D eigenvalue weighted by atomic mass is 9.85. The van der Waals surface area contributed by atoms with Crippen molar-refractivity contribution in [2.75, 3.05) is 13.1 Å². The highest BCUT2D eigenvalue weighted by atomic mass is 16.3. The number of aromatic nitrogens is 2. The Morgan fingerprint density at radius 3 is 2.73 bits per heavy atom. The minimum absolute atomic E-state index is 0.183. The summed E-state index contributed by atoms with van der Waals surface area (Å²) in [5, 5.41) is 14.6. The molecule has 22 heavy (non-hydrogen) atoms. The molecule has 1 aromatic heterocycles. The van der Waals surface area contributed by atoms with Gasteiger partial charge in [0.15, 0.2) is 0 Å². The first-order valence-electron chi connectivity index (χ1n) is 8.57. The van der Waals surface area contributed by atoms with Gasteiger partial charge in [0, 0.05) is 19.7 Å². The van der Waals surface area contributed by atoms with Gasteiger partial charge in [-0.05, 0) is 24.8 Å². The van der Waals surface area contributed by atoms with Crippen LogP contribution in [0.1, 0.15) is 57.1 Å². The maximum absolute atomic E-state index is 12.2. The van der Waals surface area contributed by atoms with Crippen LogP contribution < -0.4 is 0 Å². The van der Waals surface area contributed by atoms with Crippen LogP contribution in [0.2, 0.25) is 0 Å². The van der Waals surface area contributed by atoms with Gasteiger partial charge < -0.3 is 10.0 Å². The van der Waals surface area contributed by atoms with Crippen molar-refractivity contribution in [3.05, 3.63) is 18.0 Å². The third kappa shape index (κ3) is 3.19.